The highest BCUT2D eigenvalue weighted by atomic mass is 16.7. The topological polar surface area (TPSA) is 99.4 Å². The van der Waals surface area contributed by atoms with E-state index in [-0.39, 0.29) is 6.61 Å². The van der Waals surface area contributed by atoms with Crippen LogP contribution in [0.3, 0.4) is 0 Å². The van der Waals surface area contributed by atoms with E-state index < -0.39 is 37.3 Å². The Morgan fingerprint density at radius 1 is 1.36 bits per heavy atom. The smallest absolute Gasteiger partial charge is 0.186 e. The van der Waals surface area contributed by atoms with Gasteiger partial charge in [-0.2, -0.15) is 0 Å². The van der Waals surface area contributed by atoms with Crippen LogP contribution in [0.5, 0.6) is 0 Å². The Morgan fingerprint density at radius 3 is 2.43 bits per heavy atom. The second-order valence-electron chi connectivity index (χ2n) is 3.36. The summed E-state index contributed by atoms with van der Waals surface area (Å²) in [5, 5.41) is 36.1. The van der Waals surface area contributed by atoms with Crippen LogP contribution in [-0.4, -0.2) is 64.3 Å². The second-order valence-corrected chi connectivity index (χ2v) is 3.36. The third-order valence-corrected chi connectivity index (χ3v) is 2.12. The first-order valence-electron chi connectivity index (χ1n) is 4.48. The normalized spacial score (nSPS) is 40.1. The molecule has 84 valence electrons. The molecule has 0 aromatic carbocycles. The molecule has 0 saturated carbocycles. The lowest BCUT2D eigenvalue weighted by Gasteiger charge is -2.16. The van der Waals surface area contributed by atoms with Crippen LogP contribution in [0.1, 0.15) is 6.92 Å². The maximum atomic E-state index is 9.37. The number of hydrogen-bond acceptors (Lipinski definition) is 6. The Morgan fingerprint density at radius 2 is 2.00 bits per heavy atom. The summed E-state index contributed by atoms with van der Waals surface area (Å²) in [7, 11) is 0. The molecule has 6 nitrogen and oxygen atoms in total. The molecule has 0 aliphatic carbocycles. The average Bonchev–Trinajstić information content (AvgIpc) is 2.42. The summed E-state index contributed by atoms with van der Waals surface area (Å²) < 4.78 is 10.0. The number of aliphatic hydroxyl groups excluding tert-OH is 4. The zero-order valence-electron chi connectivity index (χ0n) is 7.91. The minimum Gasteiger partial charge on any atom is -0.394 e. The first-order chi connectivity index (χ1) is 6.56. The molecule has 1 aliphatic heterocycles. The van der Waals surface area contributed by atoms with Gasteiger partial charge in [0, 0.05) is 0 Å². The highest BCUT2D eigenvalue weighted by Gasteiger charge is 2.41. The minimum absolute atomic E-state index is 0.141. The molecule has 6 heteroatoms. The molecule has 1 fully saturated rings. The molecule has 0 aromatic heterocycles. The molecule has 0 aromatic rings. The maximum absolute atomic E-state index is 9.37. The average molecular weight is 208 g/mol. The van der Waals surface area contributed by atoms with E-state index in [1.54, 1.807) is 6.92 Å². The first-order valence-corrected chi connectivity index (χ1v) is 4.48. The van der Waals surface area contributed by atoms with Crippen LogP contribution in [0.25, 0.3) is 0 Å². The van der Waals surface area contributed by atoms with Gasteiger partial charge >= 0.3 is 0 Å². The van der Waals surface area contributed by atoms with Crippen LogP contribution in [0, 0.1) is 0 Å². The van der Waals surface area contributed by atoms with E-state index in [1.165, 1.54) is 0 Å². The molecule has 2 unspecified atom stereocenters. The van der Waals surface area contributed by atoms with Crippen LogP contribution in [0.15, 0.2) is 0 Å². The van der Waals surface area contributed by atoms with Crippen LogP contribution < -0.4 is 0 Å². The lowest BCUT2D eigenvalue weighted by atomic mass is 10.2. The highest BCUT2D eigenvalue weighted by molar-refractivity contribution is 4.83. The fourth-order valence-electron chi connectivity index (χ4n) is 1.21. The summed E-state index contributed by atoms with van der Waals surface area (Å²) in [6.45, 7) is 1.05. The van der Waals surface area contributed by atoms with E-state index in [4.69, 9.17) is 19.7 Å². The summed E-state index contributed by atoms with van der Waals surface area (Å²) >= 11 is 0. The van der Waals surface area contributed by atoms with Crippen molar-refractivity contribution >= 4 is 0 Å². The van der Waals surface area contributed by atoms with Crippen molar-refractivity contribution in [2.24, 2.45) is 0 Å². The molecular weight excluding hydrogens is 192 g/mol. The van der Waals surface area contributed by atoms with Gasteiger partial charge in [-0.05, 0) is 6.92 Å². The van der Waals surface area contributed by atoms with Gasteiger partial charge in [0.15, 0.2) is 6.29 Å². The van der Waals surface area contributed by atoms with E-state index in [9.17, 15) is 10.2 Å². The van der Waals surface area contributed by atoms with E-state index in [0.717, 1.165) is 0 Å². The number of ether oxygens (including phenoxy) is 2. The van der Waals surface area contributed by atoms with E-state index in [0.29, 0.717) is 0 Å². The van der Waals surface area contributed by atoms with Gasteiger partial charge in [0.05, 0.1) is 19.3 Å². The largest absolute Gasteiger partial charge is 0.394 e. The Kier molecular flexibility index (Phi) is 4.24. The predicted molar refractivity (Wildman–Crippen MR) is 45.4 cm³/mol. The molecule has 0 bridgehead atoms. The molecule has 14 heavy (non-hydrogen) atoms. The van der Waals surface area contributed by atoms with Gasteiger partial charge in [-0.15, -0.1) is 0 Å². The summed E-state index contributed by atoms with van der Waals surface area (Å²) in [5.74, 6) is 0. The zero-order chi connectivity index (χ0) is 10.7. The van der Waals surface area contributed by atoms with Crippen LogP contribution in [-0.2, 0) is 9.47 Å². The van der Waals surface area contributed by atoms with Crippen molar-refractivity contribution in [3.63, 3.8) is 0 Å². The predicted octanol–water partition coefficient (Wildman–Crippen LogP) is -2.18. The minimum atomic E-state index is -1.11. The van der Waals surface area contributed by atoms with Gasteiger partial charge in [-0.25, -0.2) is 0 Å². The quantitative estimate of drug-likeness (QED) is 0.419. The fraction of sp³-hybridized carbons (Fsp3) is 1.00. The number of rotatable bonds is 4. The third kappa shape index (κ3) is 2.63. The van der Waals surface area contributed by atoms with Crippen molar-refractivity contribution in [1.29, 1.82) is 0 Å². The lowest BCUT2D eigenvalue weighted by Crippen LogP contribution is -2.34. The zero-order valence-corrected chi connectivity index (χ0v) is 7.91. The van der Waals surface area contributed by atoms with Crippen LogP contribution in [0.4, 0.5) is 0 Å². The monoisotopic (exact) mass is 208 g/mol. The van der Waals surface area contributed by atoms with Crippen molar-refractivity contribution in [2.45, 2.75) is 37.6 Å². The standard InChI is InChI=1S/C8H16O6/c1-4-6(11)7(12)8(14-4)13-3-5(10)2-9/h4-12H,2-3H2,1H3/t4-,5?,6?,7+,8-/m1/s1. The van der Waals surface area contributed by atoms with Crippen LogP contribution in [0.2, 0.25) is 0 Å². The number of aliphatic hydroxyl groups is 4. The Labute approximate surface area is 81.7 Å². The van der Waals surface area contributed by atoms with Gasteiger partial charge in [0.25, 0.3) is 0 Å². The molecule has 4 N–H and O–H groups in total. The SMILES string of the molecule is C[C@H]1O[C@@H](OCC(O)CO)[C@@H](O)C1O. The van der Waals surface area contributed by atoms with Gasteiger partial charge < -0.3 is 29.9 Å². The Bertz CT molecular complexity index is 175. The molecule has 5 atom stereocenters. The molecule has 1 heterocycles. The van der Waals surface area contributed by atoms with Gasteiger partial charge in [-0.1, -0.05) is 0 Å². The third-order valence-electron chi connectivity index (χ3n) is 2.12. The van der Waals surface area contributed by atoms with Crippen molar-refractivity contribution in [3.8, 4) is 0 Å². The Hall–Kier alpha value is -0.240. The van der Waals surface area contributed by atoms with E-state index in [2.05, 4.69) is 0 Å². The molecule has 0 radical (unpaired) electrons. The molecule has 1 saturated heterocycles. The van der Waals surface area contributed by atoms with E-state index >= 15 is 0 Å². The molecule has 0 amide bonds. The van der Waals surface area contributed by atoms with Crippen molar-refractivity contribution in [2.75, 3.05) is 13.2 Å². The fourth-order valence-corrected chi connectivity index (χ4v) is 1.21. The molecular formula is C8H16O6. The van der Waals surface area contributed by atoms with Crippen molar-refractivity contribution in [3.05, 3.63) is 0 Å². The van der Waals surface area contributed by atoms with Crippen LogP contribution >= 0.6 is 0 Å². The molecule has 1 aliphatic rings. The first kappa shape index (κ1) is 11.8. The van der Waals surface area contributed by atoms with E-state index in [1.807, 2.05) is 0 Å². The molecule has 0 spiro atoms. The summed E-state index contributed by atoms with van der Waals surface area (Å²) in [6, 6.07) is 0. The highest BCUT2D eigenvalue weighted by Crippen LogP contribution is 2.21. The maximum Gasteiger partial charge on any atom is 0.186 e. The van der Waals surface area contributed by atoms with Gasteiger partial charge in [0.1, 0.15) is 18.3 Å². The van der Waals surface area contributed by atoms with Crippen molar-refractivity contribution < 1.29 is 29.9 Å². The second kappa shape index (κ2) is 5.01. The lowest BCUT2D eigenvalue weighted by molar-refractivity contribution is -0.178. The summed E-state index contributed by atoms with van der Waals surface area (Å²) in [5.41, 5.74) is 0. The molecule has 1 rings (SSSR count). The Balaban J connectivity index is 2.32. The summed E-state index contributed by atoms with van der Waals surface area (Å²) in [4.78, 5) is 0. The summed E-state index contributed by atoms with van der Waals surface area (Å²) in [6.07, 6.45) is -4.54. The van der Waals surface area contributed by atoms with Gasteiger partial charge in [-0.3, -0.25) is 0 Å². The number of hydrogen-bond donors (Lipinski definition) is 4. The van der Waals surface area contributed by atoms with Crippen molar-refractivity contribution in [1.82, 2.24) is 0 Å². The van der Waals surface area contributed by atoms with Gasteiger partial charge in [0.2, 0.25) is 0 Å².